The van der Waals surface area contributed by atoms with Crippen LogP contribution in [0.1, 0.15) is 31.2 Å². The second-order valence-electron chi connectivity index (χ2n) is 5.90. The zero-order valence-electron chi connectivity index (χ0n) is 13.6. The second-order valence-corrected chi connectivity index (χ2v) is 5.90. The molecular weight excluding hydrogens is 328 g/mol. The SMILES string of the molecule is O=C(NCc1cccnc1OC1CCCC1)Nc1cccc(F)c1F. The van der Waals surface area contributed by atoms with E-state index in [0.29, 0.717) is 5.88 Å². The molecule has 1 heterocycles. The largest absolute Gasteiger partial charge is 0.474 e. The lowest BCUT2D eigenvalue weighted by Crippen LogP contribution is -2.29. The molecule has 0 radical (unpaired) electrons. The summed E-state index contributed by atoms with van der Waals surface area (Å²) in [6, 6.07) is 6.52. The maximum atomic E-state index is 13.6. The first-order valence-electron chi connectivity index (χ1n) is 8.23. The molecule has 1 aromatic carbocycles. The lowest BCUT2D eigenvalue weighted by Gasteiger charge is -2.15. The first-order chi connectivity index (χ1) is 12.1. The van der Waals surface area contributed by atoms with Crippen molar-refractivity contribution in [2.75, 3.05) is 5.32 Å². The Morgan fingerprint density at radius 3 is 2.80 bits per heavy atom. The maximum absolute atomic E-state index is 13.6. The molecule has 0 aliphatic heterocycles. The van der Waals surface area contributed by atoms with Gasteiger partial charge in [0.2, 0.25) is 5.88 Å². The zero-order chi connectivity index (χ0) is 17.6. The molecule has 1 fully saturated rings. The number of anilines is 1. The van der Waals surface area contributed by atoms with E-state index in [1.54, 1.807) is 18.3 Å². The van der Waals surface area contributed by atoms with E-state index in [9.17, 15) is 13.6 Å². The van der Waals surface area contributed by atoms with E-state index < -0.39 is 17.7 Å². The fourth-order valence-corrected chi connectivity index (χ4v) is 2.77. The molecule has 2 N–H and O–H groups in total. The van der Waals surface area contributed by atoms with E-state index in [1.165, 1.54) is 12.1 Å². The number of aromatic nitrogens is 1. The van der Waals surface area contributed by atoms with Gasteiger partial charge in [-0.15, -0.1) is 0 Å². The number of pyridine rings is 1. The molecular formula is C18H19F2N3O2. The first-order valence-corrected chi connectivity index (χ1v) is 8.23. The minimum absolute atomic E-state index is 0.156. The Kier molecular flexibility index (Phi) is 5.42. The molecule has 1 saturated carbocycles. The minimum atomic E-state index is -1.09. The molecule has 7 heteroatoms. The Balaban J connectivity index is 1.59. The van der Waals surface area contributed by atoms with E-state index in [0.717, 1.165) is 37.3 Å². The summed E-state index contributed by atoms with van der Waals surface area (Å²) < 4.78 is 32.6. The van der Waals surface area contributed by atoms with Gasteiger partial charge in [-0.05, 0) is 43.9 Å². The average molecular weight is 347 g/mol. The summed E-state index contributed by atoms with van der Waals surface area (Å²) >= 11 is 0. The van der Waals surface area contributed by atoms with Gasteiger partial charge >= 0.3 is 6.03 Å². The molecule has 1 aliphatic carbocycles. The third-order valence-electron chi connectivity index (χ3n) is 4.07. The highest BCUT2D eigenvalue weighted by Crippen LogP contribution is 2.25. The van der Waals surface area contributed by atoms with Crippen molar-refractivity contribution in [2.45, 2.75) is 38.3 Å². The van der Waals surface area contributed by atoms with E-state index in [-0.39, 0.29) is 18.3 Å². The number of carbonyl (C=O) groups is 1. The molecule has 2 aromatic rings. The number of halogens is 2. The minimum Gasteiger partial charge on any atom is -0.474 e. The number of nitrogens with one attached hydrogen (secondary N) is 2. The van der Waals surface area contributed by atoms with Crippen LogP contribution in [0.25, 0.3) is 0 Å². The molecule has 0 bridgehead atoms. The number of carbonyl (C=O) groups excluding carboxylic acids is 1. The van der Waals surface area contributed by atoms with Crippen molar-refractivity contribution < 1.29 is 18.3 Å². The topological polar surface area (TPSA) is 63.2 Å². The van der Waals surface area contributed by atoms with Crippen LogP contribution in [0.4, 0.5) is 19.3 Å². The van der Waals surface area contributed by atoms with Crippen LogP contribution in [0.2, 0.25) is 0 Å². The summed E-state index contributed by atoms with van der Waals surface area (Å²) in [5, 5.41) is 4.89. The van der Waals surface area contributed by atoms with Gasteiger partial charge < -0.3 is 15.4 Å². The summed E-state index contributed by atoms with van der Waals surface area (Å²) in [7, 11) is 0. The van der Waals surface area contributed by atoms with E-state index in [4.69, 9.17) is 4.74 Å². The van der Waals surface area contributed by atoms with Crippen molar-refractivity contribution in [1.82, 2.24) is 10.3 Å². The molecule has 0 spiro atoms. The van der Waals surface area contributed by atoms with Crippen LogP contribution in [0.3, 0.4) is 0 Å². The number of nitrogens with zero attached hydrogens (tertiary/aromatic N) is 1. The fourth-order valence-electron chi connectivity index (χ4n) is 2.77. The van der Waals surface area contributed by atoms with Crippen LogP contribution in [-0.4, -0.2) is 17.1 Å². The number of rotatable bonds is 5. The third kappa shape index (κ3) is 4.43. The molecule has 1 aliphatic rings. The number of ether oxygens (including phenoxy) is 1. The van der Waals surface area contributed by atoms with E-state index >= 15 is 0 Å². The van der Waals surface area contributed by atoms with Gasteiger partial charge in [0.1, 0.15) is 6.10 Å². The monoisotopic (exact) mass is 347 g/mol. The lowest BCUT2D eigenvalue weighted by molar-refractivity contribution is 0.199. The molecule has 132 valence electrons. The Morgan fingerprint density at radius 2 is 2.00 bits per heavy atom. The molecule has 25 heavy (non-hydrogen) atoms. The summed E-state index contributed by atoms with van der Waals surface area (Å²) in [6.45, 7) is 0.165. The van der Waals surface area contributed by atoms with Gasteiger partial charge in [-0.25, -0.2) is 18.6 Å². The Labute approximate surface area is 144 Å². The molecule has 2 amide bonds. The average Bonchev–Trinajstić information content (AvgIpc) is 3.11. The van der Waals surface area contributed by atoms with Crippen LogP contribution >= 0.6 is 0 Å². The fraction of sp³-hybridized carbons (Fsp3) is 0.333. The maximum Gasteiger partial charge on any atom is 0.319 e. The Morgan fingerprint density at radius 1 is 1.20 bits per heavy atom. The van der Waals surface area contributed by atoms with Crippen LogP contribution in [0.15, 0.2) is 36.5 Å². The van der Waals surface area contributed by atoms with Gasteiger partial charge in [0.05, 0.1) is 5.69 Å². The van der Waals surface area contributed by atoms with E-state index in [1.807, 2.05) is 0 Å². The Hall–Kier alpha value is -2.70. The number of urea groups is 1. The van der Waals surface area contributed by atoms with Gasteiger partial charge in [0.25, 0.3) is 0 Å². The number of hydrogen-bond acceptors (Lipinski definition) is 3. The second kappa shape index (κ2) is 7.92. The van der Waals surface area contributed by atoms with Crippen molar-refractivity contribution >= 4 is 11.7 Å². The molecule has 5 nitrogen and oxygen atoms in total. The zero-order valence-corrected chi connectivity index (χ0v) is 13.6. The first kappa shape index (κ1) is 17.1. The number of hydrogen-bond donors (Lipinski definition) is 2. The van der Waals surface area contributed by atoms with Gasteiger partial charge in [0, 0.05) is 18.3 Å². The van der Waals surface area contributed by atoms with Crippen LogP contribution < -0.4 is 15.4 Å². The van der Waals surface area contributed by atoms with Gasteiger partial charge in [-0.1, -0.05) is 12.1 Å². The summed E-state index contributed by atoms with van der Waals surface area (Å²) in [5.41, 5.74) is 0.510. The van der Waals surface area contributed by atoms with E-state index in [2.05, 4.69) is 15.6 Å². The van der Waals surface area contributed by atoms with Crippen LogP contribution in [-0.2, 0) is 6.54 Å². The highest BCUT2D eigenvalue weighted by Gasteiger charge is 2.19. The summed E-state index contributed by atoms with van der Waals surface area (Å²) in [5.74, 6) is -1.62. The quantitative estimate of drug-likeness (QED) is 0.859. The van der Waals surface area contributed by atoms with Crippen LogP contribution in [0.5, 0.6) is 5.88 Å². The molecule has 0 unspecified atom stereocenters. The van der Waals surface area contributed by atoms with Crippen molar-refractivity contribution in [1.29, 1.82) is 0 Å². The number of benzene rings is 1. The van der Waals surface area contributed by atoms with Crippen LogP contribution in [0, 0.1) is 11.6 Å². The highest BCUT2D eigenvalue weighted by molar-refractivity contribution is 5.89. The van der Waals surface area contributed by atoms with Crippen molar-refractivity contribution in [2.24, 2.45) is 0 Å². The van der Waals surface area contributed by atoms with Crippen molar-refractivity contribution in [3.63, 3.8) is 0 Å². The smallest absolute Gasteiger partial charge is 0.319 e. The van der Waals surface area contributed by atoms with Crippen molar-refractivity contribution in [3.05, 3.63) is 53.7 Å². The highest BCUT2D eigenvalue weighted by atomic mass is 19.2. The predicted molar refractivity (Wildman–Crippen MR) is 89.3 cm³/mol. The third-order valence-corrected chi connectivity index (χ3v) is 4.07. The standard InChI is InChI=1S/C18H19F2N3O2/c19-14-8-3-9-15(16(14)20)23-18(24)22-11-12-5-4-10-21-17(12)25-13-6-1-2-7-13/h3-5,8-10,13H,1-2,6-7,11H2,(H2,22,23,24). The van der Waals surface area contributed by atoms with Gasteiger partial charge in [0.15, 0.2) is 11.6 Å². The Bertz CT molecular complexity index is 749. The van der Waals surface area contributed by atoms with Gasteiger partial charge in [-0.2, -0.15) is 0 Å². The number of amides is 2. The molecule has 1 aromatic heterocycles. The normalized spacial score (nSPS) is 14.3. The molecule has 0 atom stereocenters. The summed E-state index contributed by atoms with van der Waals surface area (Å²) in [6.07, 6.45) is 6.09. The molecule has 0 saturated heterocycles. The summed E-state index contributed by atoms with van der Waals surface area (Å²) in [4.78, 5) is 16.2. The molecule has 3 rings (SSSR count). The predicted octanol–water partition coefficient (Wildman–Crippen LogP) is 4.00. The lowest BCUT2D eigenvalue weighted by atomic mass is 10.2. The van der Waals surface area contributed by atoms with Gasteiger partial charge in [-0.3, -0.25) is 0 Å². The van der Waals surface area contributed by atoms with Crippen molar-refractivity contribution in [3.8, 4) is 5.88 Å².